The second-order valence-electron chi connectivity index (χ2n) is 5.29. The smallest absolute Gasteiger partial charge is 0.251 e. The quantitative estimate of drug-likeness (QED) is 0.863. The summed E-state index contributed by atoms with van der Waals surface area (Å²) >= 11 is 3.40. The number of piperidine rings is 1. The Hall–Kier alpha value is -0.870. The van der Waals surface area contributed by atoms with Crippen molar-refractivity contribution in [2.24, 2.45) is 5.92 Å². The molecule has 0 spiro atoms. The van der Waals surface area contributed by atoms with E-state index in [9.17, 15) is 4.79 Å². The molecule has 0 aromatic heterocycles. The van der Waals surface area contributed by atoms with Gasteiger partial charge in [-0.05, 0) is 56.6 Å². The van der Waals surface area contributed by atoms with Gasteiger partial charge in [-0.15, -0.1) is 0 Å². The van der Waals surface area contributed by atoms with E-state index in [1.54, 1.807) is 0 Å². The number of nitrogens with one attached hydrogen (secondary N) is 1. The van der Waals surface area contributed by atoms with E-state index in [4.69, 9.17) is 0 Å². The van der Waals surface area contributed by atoms with Crippen LogP contribution < -0.4 is 5.32 Å². The molecule has 3 nitrogen and oxygen atoms in total. The van der Waals surface area contributed by atoms with E-state index in [0.29, 0.717) is 5.92 Å². The normalized spacial score (nSPS) is 17.4. The minimum absolute atomic E-state index is 0.0417. The third-order valence-corrected chi connectivity index (χ3v) is 4.41. The van der Waals surface area contributed by atoms with Gasteiger partial charge in [-0.3, -0.25) is 4.79 Å². The van der Waals surface area contributed by atoms with Gasteiger partial charge in [-0.1, -0.05) is 28.1 Å². The number of halogens is 1. The van der Waals surface area contributed by atoms with Crippen LogP contribution >= 0.6 is 15.9 Å². The van der Waals surface area contributed by atoms with E-state index in [2.05, 4.69) is 33.2 Å². The monoisotopic (exact) mass is 324 g/mol. The van der Waals surface area contributed by atoms with E-state index in [0.717, 1.165) is 30.5 Å². The summed E-state index contributed by atoms with van der Waals surface area (Å²) < 4.78 is 0. The molecule has 1 aliphatic rings. The van der Waals surface area contributed by atoms with Crippen LogP contribution in [0.15, 0.2) is 24.3 Å². The second-order valence-corrected chi connectivity index (χ2v) is 5.85. The van der Waals surface area contributed by atoms with Crippen molar-refractivity contribution in [3.63, 3.8) is 0 Å². The highest BCUT2D eigenvalue weighted by atomic mass is 79.9. The number of hydrogen-bond donors (Lipinski definition) is 1. The summed E-state index contributed by atoms with van der Waals surface area (Å²) in [6, 6.07) is 7.75. The van der Waals surface area contributed by atoms with Gasteiger partial charge in [0, 0.05) is 17.4 Å². The third kappa shape index (κ3) is 4.32. The number of benzene rings is 1. The average molecular weight is 325 g/mol. The number of carbonyl (C=O) groups is 1. The highest BCUT2D eigenvalue weighted by Gasteiger charge is 2.17. The van der Waals surface area contributed by atoms with Crippen LogP contribution in [-0.2, 0) is 5.33 Å². The van der Waals surface area contributed by atoms with Crippen LogP contribution in [0.25, 0.3) is 0 Å². The summed E-state index contributed by atoms with van der Waals surface area (Å²) in [4.78, 5) is 14.4. The van der Waals surface area contributed by atoms with Crippen molar-refractivity contribution in [2.45, 2.75) is 18.2 Å². The summed E-state index contributed by atoms with van der Waals surface area (Å²) in [7, 11) is 2.15. The lowest BCUT2D eigenvalue weighted by atomic mass is 9.97. The second kappa shape index (κ2) is 7.06. The van der Waals surface area contributed by atoms with Gasteiger partial charge >= 0.3 is 0 Å². The van der Waals surface area contributed by atoms with E-state index in [1.165, 1.54) is 18.4 Å². The molecule has 1 fully saturated rings. The summed E-state index contributed by atoms with van der Waals surface area (Å²) in [5, 5.41) is 3.88. The molecule has 4 heteroatoms. The molecular formula is C15H21BrN2O. The van der Waals surface area contributed by atoms with Gasteiger partial charge in [-0.25, -0.2) is 0 Å². The van der Waals surface area contributed by atoms with Gasteiger partial charge in [0.1, 0.15) is 0 Å². The molecule has 1 aromatic rings. The van der Waals surface area contributed by atoms with Gasteiger partial charge in [-0.2, -0.15) is 0 Å². The molecular weight excluding hydrogens is 304 g/mol. The molecule has 0 radical (unpaired) electrons. The van der Waals surface area contributed by atoms with Crippen molar-refractivity contribution in [3.8, 4) is 0 Å². The fraction of sp³-hybridized carbons (Fsp3) is 0.533. The van der Waals surface area contributed by atoms with E-state index in [-0.39, 0.29) is 5.91 Å². The number of carbonyl (C=O) groups excluding carboxylic acids is 1. The third-order valence-electron chi connectivity index (χ3n) is 3.76. The molecule has 0 atom stereocenters. The molecule has 104 valence electrons. The Balaban J connectivity index is 1.80. The largest absolute Gasteiger partial charge is 0.352 e. The zero-order valence-corrected chi connectivity index (χ0v) is 12.9. The minimum Gasteiger partial charge on any atom is -0.352 e. The SMILES string of the molecule is CN1CCC(CNC(=O)c2ccc(CBr)cc2)CC1. The molecule has 0 saturated carbocycles. The Morgan fingerprint density at radius 2 is 1.95 bits per heavy atom. The zero-order valence-electron chi connectivity index (χ0n) is 11.4. The molecule has 19 heavy (non-hydrogen) atoms. The fourth-order valence-electron chi connectivity index (χ4n) is 2.35. The Morgan fingerprint density at radius 1 is 1.32 bits per heavy atom. The Labute approximate surface area is 123 Å². The highest BCUT2D eigenvalue weighted by molar-refractivity contribution is 9.08. The van der Waals surface area contributed by atoms with Crippen molar-refractivity contribution in [1.82, 2.24) is 10.2 Å². The lowest BCUT2D eigenvalue weighted by Crippen LogP contribution is -2.36. The molecule has 1 heterocycles. The van der Waals surface area contributed by atoms with Crippen molar-refractivity contribution >= 4 is 21.8 Å². The lowest BCUT2D eigenvalue weighted by molar-refractivity contribution is 0.0939. The lowest BCUT2D eigenvalue weighted by Gasteiger charge is -2.28. The van der Waals surface area contributed by atoms with Gasteiger partial charge in [0.25, 0.3) is 5.91 Å². The van der Waals surface area contributed by atoms with Crippen molar-refractivity contribution < 1.29 is 4.79 Å². The fourth-order valence-corrected chi connectivity index (χ4v) is 2.72. The molecule has 0 bridgehead atoms. The summed E-state index contributed by atoms with van der Waals surface area (Å²) in [5.74, 6) is 0.669. The Bertz CT molecular complexity index is 411. The van der Waals surface area contributed by atoms with Crippen molar-refractivity contribution in [3.05, 3.63) is 35.4 Å². The molecule has 1 aliphatic heterocycles. The molecule has 1 N–H and O–H groups in total. The number of amides is 1. The zero-order chi connectivity index (χ0) is 13.7. The number of alkyl halides is 1. The molecule has 0 unspecified atom stereocenters. The summed E-state index contributed by atoms with van der Waals surface area (Å²) in [6.07, 6.45) is 2.36. The van der Waals surface area contributed by atoms with Crippen LogP contribution in [0.2, 0.25) is 0 Å². The Kier molecular flexibility index (Phi) is 5.40. The van der Waals surface area contributed by atoms with Crippen molar-refractivity contribution in [1.29, 1.82) is 0 Å². The Morgan fingerprint density at radius 3 is 2.53 bits per heavy atom. The maximum Gasteiger partial charge on any atom is 0.251 e. The number of likely N-dealkylation sites (tertiary alicyclic amines) is 1. The highest BCUT2D eigenvalue weighted by Crippen LogP contribution is 2.15. The molecule has 0 aliphatic carbocycles. The van der Waals surface area contributed by atoms with Crippen LogP contribution in [0.4, 0.5) is 0 Å². The van der Waals surface area contributed by atoms with E-state index >= 15 is 0 Å². The first-order valence-electron chi connectivity index (χ1n) is 6.80. The topological polar surface area (TPSA) is 32.3 Å². The van der Waals surface area contributed by atoms with Crippen LogP contribution in [-0.4, -0.2) is 37.5 Å². The van der Waals surface area contributed by atoms with Crippen LogP contribution in [0, 0.1) is 5.92 Å². The maximum atomic E-state index is 12.0. The summed E-state index contributed by atoms with van der Waals surface area (Å²) in [6.45, 7) is 3.08. The van der Waals surface area contributed by atoms with Crippen LogP contribution in [0.1, 0.15) is 28.8 Å². The van der Waals surface area contributed by atoms with E-state index < -0.39 is 0 Å². The number of nitrogens with zero attached hydrogens (tertiary/aromatic N) is 1. The first-order chi connectivity index (χ1) is 9.19. The molecule has 2 rings (SSSR count). The first kappa shape index (κ1) is 14.5. The maximum absolute atomic E-state index is 12.0. The molecule has 1 aromatic carbocycles. The summed E-state index contributed by atoms with van der Waals surface area (Å²) in [5.41, 5.74) is 1.93. The van der Waals surface area contributed by atoms with Gasteiger partial charge in [0.05, 0.1) is 0 Å². The first-order valence-corrected chi connectivity index (χ1v) is 7.93. The average Bonchev–Trinajstić information content (AvgIpc) is 2.46. The molecule has 1 amide bonds. The van der Waals surface area contributed by atoms with Gasteiger partial charge in [0.15, 0.2) is 0 Å². The standard InChI is InChI=1S/C15H21BrN2O/c1-18-8-6-13(7-9-18)11-17-15(19)14-4-2-12(10-16)3-5-14/h2-5,13H,6-11H2,1H3,(H,17,19). The van der Waals surface area contributed by atoms with Crippen LogP contribution in [0.3, 0.4) is 0 Å². The van der Waals surface area contributed by atoms with Crippen molar-refractivity contribution in [2.75, 3.05) is 26.7 Å². The number of rotatable bonds is 4. The van der Waals surface area contributed by atoms with Gasteiger partial charge < -0.3 is 10.2 Å². The predicted molar refractivity (Wildman–Crippen MR) is 81.6 cm³/mol. The number of hydrogen-bond acceptors (Lipinski definition) is 2. The van der Waals surface area contributed by atoms with Gasteiger partial charge in [0.2, 0.25) is 0 Å². The predicted octanol–water partition coefficient (Wildman–Crippen LogP) is 2.65. The van der Waals surface area contributed by atoms with Crippen LogP contribution in [0.5, 0.6) is 0 Å². The molecule has 1 saturated heterocycles. The van der Waals surface area contributed by atoms with E-state index in [1.807, 2.05) is 24.3 Å². The minimum atomic E-state index is 0.0417.